The molecular formula is C25H31N3O. The first-order valence-corrected chi connectivity index (χ1v) is 10.9. The molecule has 2 aliphatic carbocycles. The quantitative estimate of drug-likeness (QED) is 0.528. The first-order chi connectivity index (χ1) is 14.2. The normalized spacial score (nSPS) is 23.9. The molecule has 1 heterocycles. The monoisotopic (exact) mass is 389 g/mol. The average Bonchev–Trinajstić information content (AvgIpc) is 3.51. The first-order valence-electron chi connectivity index (χ1n) is 10.9. The SMILES string of the molecule is COc1ccc([C@@H]2Cc3[nH]c4ccccc4c3[C@H](CCNCC3CC3)[C@H]2N)cc1. The van der Waals surface area contributed by atoms with Crippen LogP contribution in [0.5, 0.6) is 5.75 Å². The molecule has 1 saturated carbocycles. The van der Waals surface area contributed by atoms with Crippen LogP contribution in [0.25, 0.3) is 10.9 Å². The molecule has 0 saturated heterocycles. The predicted molar refractivity (Wildman–Crippen MR) is 119 cm³/mol. The van der Waals surface area contributed by atoms with Crippen LogP contribution in [-0.2, 0) is 6.42 Å². The molecular weight excluding hydrogens is 358 g/mol. The topological polar surface area (TPSA) is 63.1 Å². The molecule has 1 fully saturated rings. The Morgan fingerprint density at radius 3 is 2.66 bits per heavy atom. The number of nitrogens with one attached hydrogen (secondary N) is 2. The van der Waals surface area contributed by atoms with Gasteiger partial charge in [0.1, 0.15) is 5.75 Å². The lowest BCUT2D eigenvalue weighted by atomic mass is 9.71. The standard InChI is InChI=1S/C25H31N3O/c1-29-18-10-8-17(9-11-18)21-14-23-24(19-4-2-3-5-22(19)28-23)20(25(21)26)12-13-27-15-16-6-7-16/h2-5,8-11,16,20-21,25,27-28H,6-7,12-15,26H2,1H3/t20-,21-,25+/m0/s1. The molecule has 0 aliphatic heterocycles. The maximum absolute atomic E-state index is 6.97. The van der Waals surface area contributed by atoms with Gasteiger partial charge in [0.05, 0.1) is 7.11 Å². The molecule has 1 aromatic heterocycles. The largest absolute Gasteiger partial charge is 0.497 e. The van der Waals surface area contributed by atoms with Gasteiger partial charge in [-0.25, -0.2) is 0 Å². The zero-order valence-corrected chi connectivity index (χ0v) is 17.2. The number of aromatic amines is 1. The molecule has 3 aromatic rings. The minimum absolute atomic E-state index is 0.109. The summed E-state index contributed by atoms with van der Waals surface area (Å²) >= 11 is 0. The lowest BCUT2D eigenvalue weighted by Gasteiger charge is -2.37. The van der Waals surface area contributed by atoms with Crippen LogP contribution in [0, 0.1) is 5.92 Å². The van der Waals surface area contributed by atoms with Crippen molar-refractivity contribution in [1.29, 1.82) is 0 Å². The number of rotatable bonds is 7. The summed E-state index contributed by atoms with van der Waals surface area (Å²) in [6.07, 6.45) is 4.82. The zero-order chi connectivity index (χ0) is 19.8. The molecule has 0 spiro atoms. The third-order valence-corrected chi connectivity index (χ3v) is 6.86. The highest BCUT2D eigenvalue weighted by atomic mass is 16.5. The van der Waals surface area contributed by atoms with Crippen LogP contribution in [0.4, 0.5) is 0 Å². The molecule has 4 heteroatoms. The molecule has 5 rings (SSSR count). The maximum Gasteiger partial charge on any atom is 0.118 e. The Morgan fingerprint density at radius 2 is 1.90 bits per heavy atom. The van der Waals surface area contributed by atoms with Gasteiger partial charge >= 0.3 is 0 Å². The summed E-state index contributed by atoms with van der Waals surface area (Å²) in [5.74, 6) is 2.47. The molecule has 2 aliphatic rings. The Morgan fingerprint density at radius 1 is 1.10 bits per heavy atom. The second kappa shape index (κ2) is 7.85. The third kappa shape index (κ3) is 3.67. The summed E-state index contributed by atoms with van der Waals surface area (Å²) in [4.78, 5) is 3.71. The van der Waals surface area contributed by atoms with Crippen molar-refractivity contribution in [3.8, 4) is 5.75 Å². The van der Waals surface area contributed by atoms with Gasteiger partial charge < -0.3 is 20.8 Å². The van der Waals surface area contributed by atoms with Crippen LogP contribution >= 0.6 is 0 Å². The van der Waals surface area contributed by atoms with E-state index in [9.17, 15) is 0 Å². The average molecular weight is 390 g/mol. The van der Waals surface area contributed by atoms with Gasteiger partial charge in [-0.3, -0.25) is 0 Å². The van der Waals surface area contributed by atoms with Crippen LogP contribution in [-0.4, -0.2) is 31.2 Å². The molecule has 2 aromatic carbocycles. The van der Waals surface area contributed by atoms with Gasteiger partial charge in [-0.2, -0.15) is 0 Å². The van der Waals surface area contributed by atoms with Crippen molar-refractivity contribution in [3.63, 3.8) is 0 Å². The third-order valence-electron chi connectivity index (χ3n) is 6.86. The van der Waals surface area contributed by atoms with Gasteiger partial charge in [0.2, 0.25) is 0 Å². The van der Waals surface area contributed by atoms with Crippen molar-refractivity contribution < 1.29 is 4.74 Å². The number of fused-ring (bicyclic) bond motifs is 3. The summed E-state index contributed by atoms with van der Waals surface area (Å²) in [5, 5.41) is 5.02. The molecule has 4 nitrogen and oxygen atoms in total. The smallest absolute Gasteiger partial charge is 0.118 e. The van der Waals surface area contributed by atoms with Crippen molar-refractivity contribution in [3.05, 3.63) is 65.4 Å². The number of aromatic nitrogens is 1. The van der Waals surface area contributed by atoms with E-state index in [2.05, 4.69) is 58.8 Å². The lowest BCUT2D eigenvalue weighted by Crippen LogP contribution is -2.41. The van der Waals surface area contributed by atoms with Gasteiger partial charge in [0, 0.05) is 34.5 Å². The highest BCUT2D eigenvalue weighted by Crippen LogP contribution is 2.44. The molecule has 3 atom stereocenters. The van der Waals surface area contributed by atoms with Gasteiger partial charge in [-0.1, -0.05) is 30.3 Å². The predicted octanol–water partition coefficient (Wildman–Crippen LogP) is 4.32. The second-order valence-electron chi connectivity index (χ2n) is 8.77. The number of nitrogens with two attached hydrogens (primary N) is 1. The van der Waals surface area contributed by atoms with E-state index in [0.29, 0.717) is 11.8 Å². The van der Waals surface area contributed by atoms with Crippen LogP contribution in [0.2, 0.25) is 0 Å². The number of hydrogen-bond donors (Lipinski definition) is 3. The van der Waals surface area contributed by atoms with E-state index < -0.39 is 0 Å². The fourth-order valence-corrected chi connectivity index (χ4v) is 5.05. The number of benzene rings is 2. The zero-order valence-electron chi connectivity index (χ0n) is 17.2. The Bertz CT molecular complexity index is 973. The number of ether oxygens (including phenoxy) is 1. The van der Waals surface area contributed by atoms with E-state index in [1.165, 1.54) is 40.6 Å². The lowest BCUT2D eigenvalue weighted by molar-refractivity contribution is 0.390. The first kappa shape index (κ1) is 18.7. The fourth-order valence-electron chi connectivity index (χ4n) is 5.05. The molecule has 0 radical (unpaired) electrons. The van der Waals surface area contributed by atoms with Crippen LogP contribution < -0.4 is 15.8 Å². The van der Waals surface area contributed by atoms with Gasteiger partial charge in [-0.05, 0) is 74.0 Å². The molecule has 4 N–H and O–H groups in total. The van der Waals surface area contributed by atoms with Crippen LogP contribution in [0.3, 0.4) is 0 Å². The Labute approximate surface area is 172 Å². The van der Waals surface area contributed by atoms with Gasteiger partial charge in [0.15, 0.2) is 0 Å². The maximum atomic E-state index is 6.97. The van der Waals surface area contributed by atoms with Crippen molar-refractivity contribution in [2.75, 3.05) is 20.2 Å². The highest BCUT2D eigenvalue weighted by Gasteiger charge is 2.37. The number of hydrogen-bond acceptors (Lipinski definition) is 3. The van der Waals surface area contributed by atoms with E-state index in [-0.39, 0.29) is 6.04 Å². The number of H-pyrrole nitrogens is 1. The van der Waals surface area contributed by atoms with Crippen molar-refractivity contribution in [2.24, 2.45) is 11.7 Å². The van der Waals surface area contributed by atoms with E-state index in [1.807, 2.05) is 0 Å². The minimum Gasteiger partial charge on any atom is -0.497 e. The van der Waals surface area contributed by atoms with E-state index in [0.717, 1.165) is 37.6 Å². The number of methoxy groups -OCH3 is 1. The van der Waals surface area contributed by atoms with E-state index in [4.69, 9.17) is 10.5 Å². The summed E-state index contributed by atoms with van der Waals surface area (Å²) in [6.45, 7) is 2.19. The Balaban J connectivity index is 1.46. The molecule has 0 unspecified atom stereocenters. The highest BCUT2D eigenvalue weighted by molar-refractivity contribution is 5.85. The van der Waals surface area contributed by atoms with Gasteiger partial charge in [0.25, 0.3) is 0 Å². The van der Waals surface area contributed by atoms with Crippen LogP contribution in [0.15, 0.2) is 48.5 Å². The molecule has 29 heavy (non-hydrogen) atoms. The summed E-state index contributed by atoms with van der Waals surface area (Å²) in [7, 11) is 1.71. The molecule has 0 amide bonds. The Hall–Kier alpha value is -2.30. The Kier molecular flexibility index (Phi) is 5.06. The second-order valence-corrected chi connectivity index (χ2v) is 8.77. The van der Waals surface area contributed by atoms with E-state index in [1.54, 1.807) is 7.11 Å². The fraction of sp³-hybridized carbons (Fsp3) is 0.440. The summed E-state index contributed by atoms with van der Waals surface area (Å²) < 4.78 is 5.34. The summed E-state index contributed by atoms with van der Waals surface area (Å²) in [6, 6.07) is 17.2. The van der Waals surface area contributed by atoms with Gasteiger partial charge in [-0.15, -0.1) is 0 Å². The summed E-state index contributed by atoms with van der Waals surface area (Å²) in [5.41, 5.74) is 12.3. The van der Waals surface area contributed by atoms with E-state index >= 15 is 0 Å². The number of para-hydroxylation sites is 1. The molecule has 0 bridgehead atoms. The van der Waals surface area contributed by atoms with Crippen molar-refractivity contribution in [2.45, 2.75) is 43.6 Å². The molecule has 152 valence electrons. The van der Waals surface area contributed by atoms with Crippen molar-refractivity contribution >= 4 is 10.9 Å². The minimum atomic E-state index is 0.109. The van der Waals surface area contributed by atoms with Crippen molar-refractivity contribution in [1.82, 2.24) is 10.3 Å². The van der Waals surface area contributed by atoms with Crippen LogP contribution in [0.1, 0.15) is 47.9 Å².